The quantitative estimate of drug-likeness (QED) is 0.269. The number of carbonyl (C=O) groups excluding carboxylic acids is 1. The number of hydrogen-bond donors (Lipinski definition) is 3. The number of alkyl halides is 3. The number of amides is 1. The van der Waals surface area contributed by atoms with Gasteiger partial charge in [-0.05, 0) is 38.0 Å². The predicted octanol–water partition coefficient (Wildman–Crippen LogP) is 3.79. The van der Waals surface area contributed by atoms with E-state index in [-0.39, 0.29) is 48.9 Å². The topological polar surface area (TPSA) is 68.8 Å². The third kappa shape index (κ3) is 9.25. The molecule has 1 atom stereocenters. The molecule has 1 saturated heterocycles. The lowest BCUT2D eigenvalue weighted by Crippen LogP contribution is -2.45. The number of carbonyl (C=O) groups is 1. The number of halogens is 5. The summed E-state index contributed by atoms with van der Waals surface area (Å²) in [5.74, 6) is 0.310. The molecule has 0 spiro atoms. The second-order valence-corrected chi connectivity index (χ2v) is 7.36. The minimum absolute atomic E-state index is 0. The molecule has 0 aromatic heterocycles. The van der Waals surface area contributed by atoms with Gasteiger partial charge >= 0.3 is 6.18 Å². The SMILES string of the molecule is CCNC(=NCCC(=O)Nc1cccc(Cl)c1C)NC1CCN(CC(F)(F)F)C1.I. The van der Waals surface area contributed by atoms with Gasteiger partial charge in [-0.15, -0.1) is 24.0 Å². The van der Waals surface area contributed by atoms with Gasteiger partial charge in [-0.25, -0.2) is 0 Å². The minimum Gasteiger partial charge on any atom is -0.357 e. The molecule has 1 fully saturated rings. The normalized spacial score (nSPS) is 17.4. The fourth-order valence-corrected chi connectivity index (χ4v) is 3.26. The van der Waals surface area contributed by atoms with Crippen LogP contribution in [0.2, 0.25) is 5.02 Å². The number of hydrogen-bond acceptors (Lipinski definition) is 3. The first-order chi connectivity index (χ1) is 13.7. The molecular formula is C19H28ClF3IN5O. The first-order valence-electron chi connectivity index (χ1n) is 9.57. The summed E-state index contributed by atoms with van der Waals surface area (Å²) in [6.45, 7) is 4.38. The highest BCUT2D eigenvalue weighted by Gasteiger charge is 2.34. The van der Waals surface area contributed by atoms with Crippen molar-refractivity contribution in [3.05, 3.63) is 28.8 Å². The maximum atomic E-state index is 12.5. The molecule has 0 aliphatic carbocycles. The molecule has 6 nitrogen and oxygen atoms in total. The molecule has 170 valence electrons. The van der Waals surface area contributed by atoms with Crippen molar-refractivity contribution >= 4 is 53.1 Å². The maximum Gasteiger partial charge on any atom is 0.401 e. The smallest absolute Gasteiger partial charge is 0.357 e. The van der Waals surface area contributed by atoms with Crippen molar-refractivity contribution in [2.24, 2.45) is 4.99 Å². The molecule has 0 bridgehead atoms. The zero-order valence-corrected chi connectivity index (χ0v) is 20.1. The van der Waals surface area contributed by atoms with Crippen LogP contribution in [0.4, 0.5) is 18.9 Å². The first kappa shape index (κ1) is 26.8. The number of anilines is 1. The summed E-state index contributed by atoms with van der Waals surface area (Å²) in [5, 5.41) is 9.60. The summed E-state index contributed by atoms with van der Waals surface area (Å²) >= 11 is 6.05. The van der Waals surface area contributed by atoms with Crippen LogP contribution in [0.3, 0.4) is 0 Å². The summed E-state index contributed by atoms with van der Waals surface area (Å²) in [5.41, 5.74) is 1.46. The zero-order valence-electron chi connectivity index (χ0n) is 17.0. The highest BCUT2D eigenvalue weighted by atomic mass is 127. The van der Waals surface area contributed by atoms with Crippen LogP contribution in [-0.2, 0) is 4.79 Å². The summed E-state index contributed by atoms with van der Waals surface area (Å²) < 4.78 is 37.6. The molecule has 2 rings (SSSR count). The Hall–Kier alpha value is -1.27. The van der Waals surface area contributed by atoms with Crippen LogP contribution < -0.4 is 16.0 Å². The Morgan fingerprint density at radius 1 is 1.37 bits per heavy atom. The molecule has 11 heteroatoms. The van der Waals surface area contributed by atoms with Gasteiger partial charge in [0, 0.05) is 42.8 Å². The van der Waals surface area contributed by atoms with Crippen LogP contribution in [0.1, 0.15) is 25.3 Å². The third-order valence-electron chi connectivity index (χ3n) is 4.51. The number of benzene rings is 1. The van der Waals surface area contributed by atoms with E-state index >= 15 is 0 Å². The molecule has 1 aliphatic rings. The van der Waals surface area contributed by atoms with Gasteiger partial charge in [-0.3, -0.25) is 14.7 Å². The van der Waals surface area contributed by atoms with Crippen molar-refractivity contribution < 1.29 is 18.0 Å². The van der Waals surface area contributed by atoms with Gasteiger partial charge in [-0.1, -0.05) is 17.7 Å². The molecule has 1 unspecified atom stereocenters. The van der Waals surface area contributed by atoms with Crippen molar-refractivity contribution in [3.63, 3.8) is 0 Å². The summed E-state index contributed by atoms with van der Waals surface area (Å²) in [4.78, 5) is 17.9. The lowest BCUT2D eigenvalue weighted by atomic mass is 10.2. The summed E-state index contributed by atoms with van der Waals surface area (Å²) in [6.07, 6.45) is -3.41. The number of guanidine groups is 1. The minimum atomic E-state index is -4.19. The van der Waals surface area contributed by atoms with Crippen molar-refractivity contribution in [2.45, 2.75) is 38.9 Å². The number of rotatable bonds is 7. The van der Waals surface area contributed by atoms with Crippen molar-refractivity contribution in [1.29, 1.82) is 0 Å². The second-order valence-electron chi connectivity index (χ2n) is 6.95. The zero-order chi connectivity index (χ0) is 21.4. The Balaban J connectivity index is 0.00000450. The lowest BCUT2D eigenvalue weighted by molar-refractivity contribution is -0.143. The average Bonchev–Trinajstić information content (AvgIpc) is 3.04. The van der Waals surface area contributed by atoms with Crippen molar-refractivity contribution in [1.82, 2.24) is 15.5 Å². The molecule has 0 saturated carbocycles. The molecule has 1 aromatic rings. The summed E-state index contributed by atoms with van der Waals surface area (Å²) in [6, 6.07) is 5.18. The first-order valence-corrected chi connectivity index (χ1v) is 9.94. The van der Waals surface area contributed by atoms with E-state index in [9.17, 15) is 18.0 Å². The van der Waals surface area contributed by atoms with Crippen molar-refractivity contribution in [2.75, 3.05) is 38.0 Å². The van der Waals surface area contributed by atoms with Crippen LogP contribution in [0.5, 0.6) is 0 Å². The largest absolute Gasteiger partial charge is 0.401 e. The van der Waals surface area contributed by atoms with Gasteiger partial charge in [0.2, 0.25) is 5.91 Å². The van der Waals surface area contributed by atoms with Gasteiger partial charge in [-0.2, -0.15) is 13.2 Å². The van der Waals surface area contributed by atoms with Crippen LogP contribution in [0.15, 0.2) is 23.2 Å². The predicted molar refractivity (Wildman–Crippen MR) is 125 cm³/mol. The number of nitrogens with one attached hydrogen (secondary N) is 3. The molecule has 1 aliphatic heterocycles. The Bertz CT molecular complexity index is 733. The third-order valence-corrected chi connectivity index (χ3v) is 4.92. The molecule has 1 heterocycles. The number of aliphatic imine (C=N–C) groups is 1. The standard InChI is InChI=1S/C19H27ClF3N5O.HI/c1-3-24-18(26-14-8-10-28(11-14)12-19(21,22)23)25-9-7-17(29)27-16-6-4-5-15(20)13(16)2;/h4-6,14H,3,7-12H2,1-2H3,(H,27,29)(H2,24,25,26);1H. The highest BCUT2D eigenvalue weighted by molar-refractivity contribution is 14.0. The van der Waals surface area contributed by atoms with Gasteiger partial charge < -0.3 is 16.0 Å². The van der Waals surface area contributed by atoms with E-state index in [1.807, 2.05) is 13.8 Å². The van der Waals surface area contributed by atoms with E-state index in [2.05, 4.69) is 20.9 Å². The highest BCUT2D eigenvalue weighted by Crippen LogP contribution is 2.23. The van der Waals surface area contributed by atoms with E-state index in [1.165, 1.54) is 4.90 Å². The van der Waals surface area contributed by atoms with Crippen LogP contribution in [-0.4, -0.2) is 61.7 Å². The molecular weight excluding hydrogens is 534 g/mol. The number of nitrogens with zero attached hydrogens (tertiary/aromatic N) is 2. The van der Waals surface area contributed by atoms with Gasteiger partial charge in [0.1, 0.15) is 0 Å². The monoisotopic (exact) mass is 561 g/mol. The Morgan fingerprint density at radius 2 is 2.10 bits per heavy atom. The lowest BCUT2D eigenvalue weighted by Gasteiger charge is -2.19. The molecule has 0 radical (unpaired) electrons. The molecule has 1 amide bonds. The molecule has 3 N–H and O–H groups in total. The van der Waals surface area contributed by atoms with Gasteiger partial charge in [0.15, 0.2) is 5.96 Å². The Morgan fingerprint density at radius 3 is 2.77 bits per heavy atom. The Labute approximate surface area is 197 Å². The molecule has 30 heavy (non-hydrogen) atoms. The van der Waals surface area contributed by atoms with E-state index in [4.69, 9.17) is 11.6 Å². The summed E-state index contributed by atoms with van der Waals surface area (Å²) in [7, 11) is 0. The van der Waals surface area contributed by atoms with Gasteiger partial charge in [0.05, 0.1) is 13.1 Å². The van der Waals surface area contributed by atoms with E-state index in [0.717, 1.165) is 5.56 Å². The van der Waals surface area contributed by atoms with Gasteiger partial charge in [0.25, 0.3) is 0 Å². The van der Waals surface area contributed by atoms with E-state index in [0.29, 0.717) is 42.7 Å². The van der Waals surface area contributed by atoms with Crippen molar-refractivity contribution in [3.8, 4) is 0 Å². The average molecular weight is 562 g/mol. The van der Waals surface area contributed by atoms with E-state index in [1.54, 1.807) is 18.2 Å². The van der Waals surface area contributed by atoms with Crippen LogP contribution in [0.25, 0.3) is 0 Å². The fourth-order valence-electron chi connectivity index (χ4n) is 3.09. The second kappa shape index (κ2) is 12.6. The van der Waals surface area contributed by atoms with Crippen LogP contribution in [0, 0.1) is 6.92 Å². The molecule has 1 aromatic carbocycles. The van der Waals surface area contributed by atoms with Crippen LogP contribution >= 0.6 is 35.6 Å². The fraction of sp³-hybridized carbons (Fsp3) is 0.579. The maximum absolute atomic E-state index is 12.5. The van der Waals surface area contributed by atoms with E-state index < -0.39 is 12.7 Å². The Kier molecular flexibility index (Phi) is 11.2. The number of likely N-dealkylation sites (tertiary alicyclic amines) is 1.